The van der Waals surface area contributed by atoms with Crippen LogP contribution in [-0.4, -0.2) is 86.8 Å². The maximum Gasteiger partial charge on any atom is 0.272 e. The number of hydrogen-bond acceptors (Lipinski definition) is 10. The van der Waals surface area contributed by atoms with Crippen LogP contribution in [0.1, 0.15) is 75.0 Å². The Morgan fingerprint density at radius 2 is 1.77 bits per heavy atom. The maximum atomic E-state index is 14.1. The third-order valence-electron chi connectivity index (χ3n) is 7.69. The van der Waals surface area contributed by atoms with Gasteiger partial charge in [0, 0.05) is 30.9 Å². The third kappa shape index (κ3) is 8.46. The molecule has 0 spiro atoms. The highest BCUT2D eigenvalue weighted by atomic mass is 16.5. The van der Waals surface area contributed by atoms with Gasteiger partial charge >= 0.3 is 0 Å². The lowest BCUT2D eigenvalue weighted by Gasteiger charge is -2.32. The molecular formula is C30H43N7O7. The van der Waals surface area contributed by atoms with E-state index in [1.54, 1.807) is 48.5 Å². The van der Waals surface area contributed by atoms with E-state index < -0.39 is 53.9 Å². The van der Waals surface area contributed by atoms with Crippen molar-refractivity contribution < 1.29 is 33.2 Å². The Hall–Kier alpha value is -4.20. The molecule has 3 rings (SSSR count). The minimum Gasteiger partial charge on any atom is -0.371 e. The fourth-order valence-electron chi connectivity index (χ4n) is 4.93. The topological polar surface area (TPSA) is 186 Å². The summed E-state index contributed by atoms with van der Waals surface area (Å²) in [7, 11) is 0. The molecule has 1 fully saturated rings. The molecule has 3 heterocycles. The van der Waals surface area contributed by atoms with E-state index in [0.717, 1.165) is 5.56 Å². The molecule has 0 radical (unpaired) electrons. The molecule has 0 aromatic carbocycles. The molecule has 1 saturated heterocycles. The fraction of sp³-hybridized carbons (Fsp3) is 0.600. The number of aldehydes is 1. The SMILES string of the molecule is CC[C@@H](C=O)NC(=O)[C@@H]1C[C@@H](OCc2c(C)noc2C)CN1C(=O)[C@@H](NC(=O)[C@@H](NC(=O)c1cnccn1)C(C)C)C(C)C. The van der Waals surface area contributed by atoms with Gasteiger partial charge in [-0.25, -0.2) is 4.98 Å². The Kier molecular flexibility index (Phi) is 12.1. The number of carbonyl (C=O) groups excluding carboxylic acids is 5. The average molecular weight is 614 g/mol. The summed E-state index contributed by atoms with van der Waals surface area (Å²) in [5.74, 6) is -2.14. The first-order valence-corrected chi connectivity index (χ1v) is 14.8. The van der Waals surface area contributed by atoms with E-state index >= 15 is 0 Å². The zero-order valence-corrected chi connectivity index (χ0v) is 26.3. The highest BCUT2D eigenvalue weighted by Crippen LogP contribution is 2.25. The van der Waals surface area contributed by atoms with Crippen LogP contribution in [-0.2, 0) is 30.5 Å². The molecule has 0 saturated carbocycles. The lowest BCUT2D eigenvalue weighted by Crippen LogP contribution is -2.59. The van der Waals surface area contributed by atoms with Crippen LogP contribution in [0.2, 0.25) is 0 Å². The molecule has 2 aromatic heterocycles. The Morgan fingerprint density at radius 1 is 1.07 bits per heavy atom. The third-order valence-corrected chi connectivity index (χ3v) is 7.69. The summed E-state index contributed by atoms with van der Waals surface area (Å²) in [6, 6.07) is -3.62. The fourth-order valence-corrected chi connectivity index (χ4v) is 4.93. The molecule has 14 nitrogen and oxygen atoms in total. The summed E-state index contributed by atoms with van der Waals surface area (Å²) in [4.78, 5) is 74.4. The van der Waals surface area contributed by atoms with Gasteiger partial charge in [0.05, 0.1) is 30.6 Å². The number of rotatable bonds is 14. The number of nitrogens with zero attached hydrogens (tertiary/aromatic N) is 4. The summed E-state index contributed by atoms with van der Waals surface area (Å²) in [6.45, 7) is 12.7. The van der Waals surface area contributed by atoms with Crippen molar-refractivity contribution in [3.8, 4) is 0 Å². The van der Waals surface area contributed by atoms with Gasteiger partial charge in [-0.1, -0.05) is 39.8 Å². The molecule has 0 bridgehead atoms. The molecule has 0 aliphatic carbocycles. The highest BCUT2D eigenvalue weighted by Gasteiger charge is 2.44. The van der Waals surface area contributed by atoms with Gasteiger partial charge in [-0.3, -0.25) is 24.2 Å². The van der Waals surface area contributed by atoms with Crippen LogP contribution in [0.15, 0.2) is 23.1 Å². The van der Waals surface area contributed by atoms with E-state index in [1.165, 1.54) is 23.5 Å². The molecule has 14 heteroatoms. The highest BCUT2D eigenvalue weighted by molar-refractivity contribution is 5.98. The Labute approximate surface area is 257 Å². The van der Waals surface area contributed by atoms with Gasteiger partial charge in [-0.15, -0.1) is 0 Å². The second-order valence-electron chi connectivity index (χ2n) is 11.7. The maximum absolute atomic E-state index is 14.1. The first-order valence-electron chi connectivity index (χ1n) is 14.8. The van der Waals surface area contributed by atoms with Crippen molar-refractivity contribution in [3.63, 3.8) is 0 Å². The van der Waals surface area contributed by atoms with E-state index in [9.17, 15) is 24.0 Å². The first-order chi connectivity index (χ1) is 20.9. The van der Waals surface area contributed by atoms with Crippen LogP contribution in [0.3, 0.4) is 0 Å². The molecule has 2 aromatic rings. The molecule has 5 atom stereocenters. The monoisotopic (exact) mass is 613 g/mol. The van der Waals surface area contributed by atoms with Crippen molar-refractivity contribution in [2.75, 3.05) is 6.54 Å². The van der Waals surface area contributed by atoms with Crippen molar-refractivity contribution in [1.29, 1.82) is 0 Å². The number of ether oxygens (including phenoxy) is 1. The second kappa shape index (κ2) is 15.5. The van der Waals surface area contributed by atoms with Crippen molar-refractivity contribution in [3.05, 3.63) is 41.3 Å². The molecule has 4 amide bonds. The zero-order chi connectivity index (χ0) is 32.6. The molecule has 1 aliphatic heterocycles. The van der Waals surface area contributed by atoms with E-state index in [1.807, 2.05) is 0 Å². The minimum atomic E-state index is -1.01. The van der Waals surface area contributed by atoms with E-state index in [4.69, 9.17) is 9.26 Å². The van der Waals surface area contributed by atoms with Crippen LogP contribution >= 0.6 is 0 Å². The minimum absolute atomic E-state index is 0.0525. The lowest BCUT2D eigenvalue weighted by molar-refractivity contribution is -0.143. The smallest absolute Gasteiger partial charge is 0.272 e. The van der Waals surface area contributed by atoms with Gasteiger partial charge in [-0.05, 0) is 32.1 Å². The van der Waals surface area contributed by atoms with Gasteiger partial charge in [0.1, 0.15) is 35.9 Å². The van der Waals surface area contributed by atoms with Crippen LogP contribution in [0.25, 0.3) is 0 Å². The Bertz CT molecular complexity index is 1290. The molecule has 0 unspecified atom stereocenters. The molecule has 3 N–H and O–H groups in total. The Morgan fingerprint density at radius 3 is 2.32 bits per heavy atom. The number of hydrogen-bond donors (Lipinski definition) is 3. The number of carbonyl (C=O) groups is 5. The summed E-state index contributed by atoms with van der Waals surface area (Å²) in [6.07, 6.45) is 4.84. The predicted octanol–water partition coefficient (Wildman–Crippen LogP) is 1.26. The average Bonchev–Trinajstić information content (AvgIpc) is 3.58. The molecule has 44 heavy (non-hydrogen) atoms. The number of likely N-dealkylation sites (tertiary alicyclic amines) is 1. The quantitative estimate of drug-likeness (QED) is 0.262. The number of aromatic nitrogens is 3. The van der Waals surface area contributed by atoms with Crippen LogP contribution in [0.4, 0.5) is 0 Å². The Balaban J connectivity index is 1.80. The van der Waals surface area contributed by atoms with Gasteiger partial charge < -0.3 is 34.9 Å². The largest absolute Gasteiger partial charge is 0.371 e. The standard InChI is InChI=1S/C30H43N7O7/c1-8-20(14-38)33-28(40)24-11-21(43-15-22-18(6)36-44-19(22)7)13-37(24)30(42)26(17(4)5)35-29(41)25(16(2)3)34-27(39)23-12-31-9-10-32-23/h9-10,12,14,16-17,20-21,24-26H,8,11,13,15H2,1-7H3,(H,33,40)(H,34,39)(H,35,41)/t20-,21+,24-,25-,26-/m0/s1. The zero-order valence-electron chi connectivity index (χ0n) is 26.3. The van der Waals surface area contributed by atoms with Crippen LogP contribution < -0.4 is 16.0 Å². The van der Waals surface area contributed by atoms with E-state index in [0.29, 0.717) is 24.2 Å². The van der Waals surface area contributed by atoms with E-state index in [2.05, 4.69) is 31.1 Å². The van der Waals surface area contributed by atoms with Gasteiger partial charge in [-0.2, -0.15) is 0 Å². The van der Waals surface area contributed by atoms with Crippen LogP contribution in [0, 0.1) is 25.7 Å². The van der Waals surface area contributed by atoms with Crippen molar-refractivity contribution in [2.24, 2.45) is 11.8 Å². The van der Waals surface area contributed by atoms with Crippen molar-refractivity contribution in [2.45, 2.75) is 98.2 Å². The lowest BCUT2D eigenvalue weighted by atomic mass is 9.98. The first kappa shape index (κ1) is 34.3. The normalized spacial score (nSPS) is 18.5. The molecular weight excluding hydrogens is 570 g/mol. The summed E-state index contributed by atoms with van der Waals surface area (Å²) in [5.41, 5.74) is 1.53. The van der Waals surface area contributed by atoms with Crippen molar-refractivity contribution in [1.82, 2.24) is 36.0 Å². The number of nitrogens with one attached hydrogen (secondary N) is 3. The molecule has 240 valence electrons. The summed E-state index contributed by atoms with van der Waals surface area (Å²) >= 11 is 0. The summed E-state index contributed by atoms with van der Waals surface area (Å²) in [5, 5.41) is 12.1. The number of amides is 4. The predicted molar refractivity (Wildman–Crippen MR) is 158 cm³/mol. The van der Waals surface area contributed by atoms with Gasteiger partial charge in [0.25, 0.3) is 5.91 Å². The van der Waals surface area contributed by atoms with Gasteiger partial charge in [0.2, 0.25) is 17.7 Å². The van der Waals surface area contributed by atoms with Crippen molar-refractivity contribution >= 4 is 29.9 Å². The second-order valence-corrected chi connectivity index (χ2v) is 11.7. The van der Waals surface area contributed by atoms with E-state index in [-0.39, 0.29) is 37.1 Å². The molecule has 1 aliphatic rings. The number of aryl methyl sites for hydroxylation is 2. The van der Waals surface area contributed by atoms with Gasteiger partial charge in [0.15, 0.2) is 0 Å². The van der Waals surface area contributed by atoms with Crippen LogP contribution in [0.5, 0.6) is 0 Å². The summed E-state index contributed by atoms with van der Waals surface area (Å²) < 4.78 is 11.3.